The number of hydrogen-bond acceptors (Lipinski definition) is 9. The SMILES string of the molecule is CSc1nn(CC(=O)Nc2ccc(C)c(F)c2)c(N)c1-c1nc(-c2ccc3c(c2)OCO3)no1. The highest BCUT2D eigenvalue weighted by molar-refractivity contribution is 7.98. The summed E-state index contributed by atoms with van der Waals surface area (Å²) >= 11 is 1.32. The molecule has 3 heterocycles. The number of rotatable bonds is 6. The Balaban J connectivity index is 1.38. The summed E-state index contributed by atoms with van der Waals surface area (Å²) < 4.78 is 31.3. The van der Waals surface area contributed by atoms with Gasteiger partial charge in [-0.2, -0.15) is 10.1 Å². The monoisotopic (exact) mass is 482 g/mol. The average molecular weight is 482 g/mol. The molecule has 0 unspecified atom stereocenters. The van der Waals surface area contributed by atoms with Crippen LogP contribution in [-0.4, -0.2) is 38.9 Å². The van der Waals surface area contributed by atoms with Crippen molar-refractivity contribution in [2.75, 3.05) is 24.1 Å². The van der Waals surface area contributed by atoms with Crippen LogP contribution in [0.5, 0.6) is 11.5 Å². The number of benzene rings is 2. The number of ether oxygens (including phenoxy) is 2. The lowest BCUT2D eigenvalue weighted by molar-refractivity contribution is -0.116. The summed E-state index contributed by atoms with van der Waals surface area (Å²) in [6.07, 6.45) is 1.82. The lowest BCUT2D eigenvalue weighted by Gasteiger charge is -2.07. The standard InChI is InChI=1S/C22H19FN6O4S/c1-11-3-5-13(8-14(11)23)25-17(30)9-29-19(24)18(22(27-29)34-2)21-26-20(28-33-21)12-4-6-15-16(7-12)32-10-31-15/h3-8H,9-10,24H2,1-2H3,(H,25,30). The number of carbonyl (C=O) groups is 1. The van der Waals surface area contributed by atoms with Crippen LogP contribution in [0.3, 0.4) is 0 Å². The molecule has 1 amide bonds. The second kappa shape index (κ2) is 8.71. The molecule has 2 aromatic carbocycles. The minimum atomic E-state index is -0.414. The number of thioether (sulfide) groups is 1. The molecule has 3 N–H and O–H groups in total. The van der Waals surface area contributed by atoms with Gasteiger partial charge in [0.05, 0.1) is 0 Å². The van der Waals surface area contributed by atoms with E-state index in [1.807, 2.05) is 6.26 Å². The third-order valence-electron chi connectivity index (χ3n) is 5.17. The van der Waals surface area contributed by atoms with E-state index in [0.717, 1.165) is 0 Å². The number of fused-ring (bicyclic) bond motifs is 1. The summed E-state index contributed by atoms with van der Waals surface area (Å²) in [5.41, 5.74) is 8.25. The molecule has 2 aromatic heterocycles. The maximum absolute atomic E-state index is 13.8. The van der Waals surface area contributed by atoms with E-state index >= 15 is 0 Å². The number of aryl methyl sites for hydroxylation is 1. The number of aromatic nitrogens is 4. The number of nitrogens with two attached hydrogens (primary N) is 1. The topological polar surface area (TPSA) is 130 Å². The molecule has 5 rings (SSSR count). The molecule has 0 radical (unpaired) electrons. The van der Waals surface area contributed by atoms with Crippen LogP contribution in [0.25, 0.3) is 22.8 Å². The fraction of sp³-hybridized carbons (Fsp3) is 0.182. The third-order valence-corrected chi connectivity index (χ3v) is 5.85. The maximum Gasteiger partial charge on any atom is 0.264 e. The van der Waals surface area contributed by atoms with Crippen LogP contribution < -0.4 is 20.5 Å². The number of nitrogens with zero attached hydrogens (tertiary/aromatic N) is 4. The van der Waals surface area contributed by atoms with Crippen molar-refractivity contribution in [1.29, 1.82) is 0 Å². The van der Waals surface area contributed by atoms with Crippen molar-refractivity contribution < 1.29 is 23.2 Å². The van der Waals surface area contributed by atoms with E-state index in [9.17, 15) is 9.18 Å². The summed E-state index contributed by atoms with van der Waals surface area (Å²) in [7, 11) is 0. The van der Waals surface area contributed by atoms with Crippen LogP contribution in [-0.2, 0) is 11.3 Å². The Morgan fingerprint density at radius 2 is 2.06 bits per heavy atom. The predicted octanol–water partition coefficient (Wildman–Crippen LogP) is 3.72. The number of carbonyl (C=O) groups excluding carboxylic acids is 1. The van der Waals surface area contributed by atoms with Gasteiger partial charge in [-0.25, -0.2) is 9.07 Å². The molecular weight excluding hydrogens is 463 g/mol. The van der Waals surface area contributed by atoms with E-state index in [1.165, 1.54) is 22.5 Å². The average Bonchev–Trinajstić information content (AvgIpc) is 3.55. The number of nitrogens with one attached hydrogen (secondary N) is 1. The Kier molecular flexibility index (Phi) is 5.57. The van der Waals surface area contributed by atoms with Crippen LogP contribution in [0.4, 0.5) is 15.9 Å². The summed E-state index contributed by atoms with van der Waals surface area (Å²) in [6, 6.07) is 9.79. The summed E-state index contributed by atoms with van der Waals surface area (Å²) in [5, 5.41) is 11.6. The van der Waals surface area contributed by atoms with Crippen molar-refractivity contribution in [3.05, 3.63) is 47.8 Å². The highest BCUT2D eigenvalue weighted by Crippen LogP contribution is 2.37. The molecule has 174 valence electrons. The maximum atomic E-state index is 13.8. The summed E-state index contributed by atoms with van der Waals surface area (Å²) in [5.74, 6) is 1.12. The van der Waals surface area contributed by atoms with Crippen LogP contribution in [0.1, 0.15) is 5.56 Å². The Labute approximate surface area is 197 Å². The predicted molar refractivity (Wildman–Crippen MR) is 123 cm³/mol. The van der Waals surface area contributed by atoms with Gasteiger partial charge in [-0.1, -0.05) is 11.2 Å². The zero-order chi connectivity index (χ0) is 23.8. The summed E-state index contributed by atoms with van der Waals surface area (Å²) in [6.45, 7) is 1.62. The van der Waals surface area contributed by atoms with Gasteiger partial charge in [-0.3, -0.25) is 4.79 Å². The molecule has 0 saturated carbocycles. The third kappa shape index (κ3) is 4.03. The van der Waals surface area contributed by atoms with Crippen molar-refractivity contribution in [2.24, 2.45) is 0 Å². The highest BCUT2D eigenvalue weighted by atomic mass is 32.2. The molecule has 1 aliphatic heterocycles. The molecule has 34 heavy (non-hydrogen) atoms. The van der Waals surface area contributed by atoms with E-state index in [2.05, 4.69) is 20.6 Å². The number of amides is 1. The van der Waals surface area contributed by atoms with Crippen LogP contribution in [0.2, 0.25) is 0 Å². The van der Waals surface area contributed by atoms with E-state index in [1.54, 1.807) is 37.3 Å². The van der Waals surface area contributed by atoms with Crippen molar-refractivity contribution >= 4 is 29.2 Å². The molecular formula is C22H19FN6O4S. The van der Waals surface area contributed by atoms with E-state index in [4.69, 9.17) is 19.7 Å². The van der Waals surface area contributed by atoms with Gasteiger partial charge in [-0.15, -0.1) is 11.8 Å². The zero-order valence-corrected chi connectivity index (χ0v) is 19.0. The highest BCUT2D eigenvalue weighted by Gasteiger charge is 2.24. The second-order valence-corrected chi connectivity index (χ2v) is 8.23. The quantitative estimate of drug-likeness (QED) is 0.395. The minimum absolute atomic E-state index is 0.162. The van der Waals surface area contributed by atoms with Crippen LogP contribution in [0.15, 0.2) is 45.9 Å². The molecule has 0 saturated heterocycles. The number of halogens is 1. The van der Waals surface area contributed by atoms with Crippen molar-refractivity contribution in [3.63, 3.8) is 0 Å². The van der Waals surface area contributed by atoms with Crippen LogP contribution >= 0.6 is 11.8 Å². The van der Waals surface area contributed by atoms with Gasteiger partial charge in [-0.05, 0) is 49.1 Å². The minimum Gasteiger partial charge on any atom is -0.454 e. The van der Waals surface area contributed by atoms with Crippen molar-refractivity contribution in [1.82, 2.24) is 19.9 Å². The van der Waals surface area contributed by atoms with E-state index in [0.29, 0.717) is 44.7 Å². The molecule has 0 bridgehead atoms. The molecule has 0 aliphatic carbocycles. The zero-order valence-electron chi connectivity index (χ0n) is 18.2. The molecule has 1 aliphatic rings. The molecule has 10 nitrogen and oxygen atoms in total. The van der Waals surface area contributed by atoms with Gasteiger partial charge in [0.25, 0.3) is 5.89 Å². The Bertz CT molecular complexity index is 1400. The fourth-order valence-corrected chi connectivity index (χ4v) is 3.98. The Hall–Kier alpha value is -4.06. The smallest absolute Gasteiger partial charge is 0.264 e. The first-order valence-corrected chi connectivity index (χ1v) is 11.4. The first kappa shape index (κ1) is 21.8. The largest absolute Gasteiger partial charge is 0.454 e. The number of anilines is 2. The number of hydrogen-bond donors (Lipinski definition) is 2. The van der Waals surface area contributed by atoms with E-state index in [-0.39, 0.29) is 25.0 Å². The van der Waals surface area contributed by atoms with Gasteiger partial charge in [0.2, 0.25) is 18.5 Å². The van der Waals surface area contributed by atoms with E-state index < -0.39 is 11.7 Å². The molecule has 0 atom stereocenters. The Morgan fingerprint density at radius 3 is 2.85 bits per heavy atom. The Morgan fingerprint density at radius 1 is 1.24 bits per heavy atom. The molecule has 0 spiro atoms. The normalized spacial score (nSPS) is 12.2. The number of nitrogen functional groups attached to an aromatic ring is 1. The van der Waals surface area contributed by atoms with Gasteiger partial charge >= 0.3 is 0 Å². The van der Waals surface area contributed by atoms with Crippen molar-refractivity contribution in [3.8, 4) is 34.3 Å². The second-order valence-electron chi connectivity index (χ2n) is 7.43. The molecule has 4 aromatic rings. The summed E-state index contributed by atoms with van der Waals surface area (Å²) in [4.78, 5) is 17.0. The van der Waals surface area contributed by atoms with Crippen LogP contribution in [0, 0.1) is 12.7 Å². The van der Waals surface area contributed by atoms with Gasteiger partial charge in [0.15, 0.2) is 11.5 Å². The fourth-order valence-electron chi connectivity index (χ4n) is 3.40. The lowest BCUT2D eigenvalue weighted by Crippen LogP contribution is -2.20. The van der Waals surface area contributed by atoms with Gasteiger partial charge in [0, 0.05) is 11.3 Å². The molecule has 12 heteroatoms. The van der Waals surface area contributed by atoms with Gasteiger partial charge in [0.1, 0.15) is 28.8 Å². The van der Waals surface area contributed by atoms with Gasteiger partial charge < -0.3 is 25.0 Å². The first-order chi connectivity index (χ1) is 16.4. The molecule has 0 fully saturated rings. The lowest BCUT2D eigenvalue weighted by atomic mass is 10.2. The first-order valence-electron chi connectivity index (χ1n) is 10.1. The van der Waals surface area contributed by atoms with Crippen molar-refractivity contribution in [2.45, 2.75) is 18.5 Å².